The molecule has 0 fully saturated rings. The molecule has 2 heteroatoms. The predicted molar refractivity (Wildman–Crippen MR) is 56.5 cm³/mol. The molecule has 0 rings (SSSR count). The molecule has 0 atom stereocenters. The zero-order chi connectivity index (χ0) is 10.1. The van der Waals surface area contributed by atoms with Crippen LogP contribution in [0, 0.1) is 0 Å². The Balaban J connectivity index is 3.69. The summed E-state index contributed by atoms with van der Waals surface area (Å²) in [6.45, 7) is 8.57. The van der Waals surface area contributed by atoms with E-state index in [-0.39, 0.29) is 5.83 Å². The van der Waals surface area contributed by atoms with E-state index in [1.54, 1.807) is 6.08 Å². The maximum atomic E-state index is 13.2. The van der Waals surface area contributed by atoms with Crippen LogP contribution in [0.4, 0.5) is 4.39 Å². The SMILES string of the molecule is CCCC/C=C(\F)CN(CC)CC. The zero-order valence-electron chi connectivity index (χ0n) is 9.15. The van der Waals surface area contributed by atoms with Crippen molar-refractivity contribution in [2.45, 2.75) is 40.0 Å². The van der Waals surface area contributed by atoms with E-state index in [4.69, 9.17) is 0 Å². The van der Waals surface area contributed by atoms with Crippen molar-refractivity contribution in [2.75, 3.05) is 19.6 Å². The lowest BCUT2D eigenvalue weighted by Gasteiger charge is -2.16. The van der Waals surface area contributed by atoms with Gasteiger partial charge in [0.25, 0.3) is 0 Å². The number of allylic oxidation sites excluding steroid dienone is 1. The summed E-state index contributed by atoms with van der Waals surface area (Å²) < 4.78 is 13.2. The van der Waals surface area contributed by atoms with Crippen molar-refractivity contribution in [1.29, 1.82) is 0 Å². The molecule has 1 nitrogen and oxygen atoms in total. The number of hydrogen-bond acceptors (Lipinski definition) is 1. The first kappa shape index (κ1) is 12.6. The first-order chi connectivity index (χ1) is 6.24. The third kappa shape index (κ3) is 6.76. The van der Waals surface area contributed by atoms with Crippen LogP contribution in [0.15, 0.2) is 11.9 Å². The second-order valence-electron chi connectivity index (χ2n) is 3.25. The largest absolute Gasteiger partial charge is 0.297 e. The average molecular weight is 187 g/mol. The van der Waals surface area contributed by atoms with Crippen LogP contribution in [0.1, 0.15) is 40.0 Å². The van der Waals surface area contributed by atoms with E-state index in [0.717, 1.165) is 32.4 Å². The Bertz CT molecular complexity index is 139. The molecule has 0 saturated heterocycles. The second kappa shape index (κ2) is 8.24. The average Bonchev–Trinajstić information content (AvgIpc) is 2.14. The molecule has 78 valence electrons. The molecule has 0 aromatic heterocycles. The summed E-state index contributed by atoms with van der Waals surface area (Å²) in [6, 6.07) is 0. The molecule has 0 aromatic carbocycles. The molecule has 0 aliphatic carbocycles. The van der Waals surface area contributed by atoms with E-state index in [0.29, 0.717) is 6.54 Å². The summed E-state index contributed by atoms with van der Waals surface area (Å²) in [4.78, 5) is 2.08. The lowest BCUT2D eigenvalue weighted by molar-refractivity contribution is 0.306. The molecular weight excluding hydrogens is 165 g/mol. The number of hydrogen-bond donors (Lipinski definition) is 0. The molecule has 0 aromatic rings. The van der Waals surface area contributed by atoms with E-state index in [2.05, 4.69) is 25.7 Å². The first-order valence-electron chi connectivity index (χ1n) is 5.31. The lowest BCUT2D eigenvalue weighted by atomic mass is 10.2. The maximum absolute atomic E-state index is 13.2. The van der Waals surface area contributed by atoms with Crippen LogP contribution in [0.2, 0.25) is 0 Å². The molecule has 0 aliphatic rings. The van der Waals surface area contributed by atoms with Crippen LogP contribution in [0.25, 0.3) is 0 Å². The molecule has 0 N–H and O–H groups in total. The summed E-state index contributed by atoms with van der Waals surface area (Å²) in [5.41, 5.74) is 0. The summed E-state index contributed by atoms with van der Waals surface area (Å²) in [6.07, 6.45) is 4.83. The van der Waals surface area contributed by atoms with Gasteiger partial charge in [-0.1, -0.05) is 33.3 Å². The summed E-state index contributed by atoms with van der Waals surface area (Å²) in [7, 11) is 0. The Kier molecular flexibility index (Phi) is 8.00. The highest BCUT2D eigenvalue weighted by Gasteiger charge is 2.01. The minimum Gasteiger partial charge on any atom is -0.297 e. The fourth-order valence-corrected chi connectivity index (χ4v) is 1.19. The Morgan fingerprint density at radius 3 is 2.31 bits per heavy atom. The number of nitrogens with zero attached hydrogens (tertiary/aromatic N) is 1. The molecule has 0 radical (unpaired) electrons. The maximum Gasteiger partial charge on any atom is 0.110 e. The molecule has 0 bridgehead atoms. The van der Waals surface area contributed by atoms with E-state index in [1.807, 2.05) is 0 Å². The van der Waals surface area contributed by atoms with Crippen molar-refractivity contribution in [3.05, 3.63) is 11.9 Å². The van der Waals surface area contributed by atoms with Crippen molar-refractivity contribution >= 4 is 0 Å². The molecule has 13 heavy (non-hydrogen) atoms. The van der Waals surface area contributed by atoms with Crippen LogP contribution < -0.4 is 0 Å². The third-order valence-corrected chi connectivity index (χ3v) is 2.19. The number of rotatable bonds is 7. The highest BCUT2D eigenvalue weighted by molar-refractivity contribution is 4.94. The van der Waals surface area contributed by atoms with Crippen molar-refractivity contribution in [1.82, 2.24) is 4.90 Å². The van der Waals surface area contributed by atoms with Crippen LogP contribution in [-0.2, 0) is 0 Å². The topological polar surface area (TPSA) is 3.24 Å². The third-order valence-electron chi connectivity index (χ3n) is 2.19. The van der Waals surface area contributed by atoms with Gasteiger partial charge in [-0.25, -0.2) is 4.39 Å². The summed E-state index contributed by atoms with van der Waals surface area (Å²) >= 11 is 0. The van der Waals surface area contributed by atoms with Crippen LogP contribution in [0.3, 0.4) is 0 Å². The van der Waals surface area contributed by atoms with Crippen molar-refractivity contribution in [3.8, 4) is 0 Å². The summed E-state index contributed by atoms with van der Waals surface area (Å²) in [5, 5.41) is 0. The zero-order valence-corrected chi connectivity index (χ0v) is 9.15. The number of halogens is 1. The van der Waals surface area contributed by atoms with Crippen LogP contribution in [-0.4, -0.2) is 24.5 Å². The van der Waals surface area contributed by atoms with Gasteiger partial charge in [0.1, 0.15) is 5.83 Å². The Morgan fingerprint density at radius 1 is 1.23 bits per heavy atom. The van der Waals surface area contributed by atoms with Crippen molar-refractivity contribution in [2.24, 2.45) is 0 Å². The van der Waals surface area contributed by atoms with Crippen molar-refractivity contribution < 1.29 is 4.39 Å². The standard InChI is InChI=1S/C11H22FN/c1-4-7-8-9-11(12)10-13(5-2)6-3/h9H,4-8,10H2,1-3H3/b11-9-. The smallest absolute Gasteiger partial charge is 0.110 e. The second-order valence-corrected chi connectivity index (χ2v) is 3.25. The van der Waals surface area contributed by atoms with Gasteiger partial charge in [0.05, 0.1) is 0 Å². The highest BCUT2D eigenvalue weighted by Crippen LogP contribution is 2.04. The van der Waals surface area contributed by atoms with E-state index in [1.165, 1.54) is 0 Å². The molecule has 0 spiro atoms. The molecule has 0 heterocycles. The summed E-state index contributed by atoms with van der Waals surface area (Å²) in [5.74, 6) is 0.0251. The molecule has 0 unspecified atom stereocenters. The van der Waals surface area contributed by atoms with Gasteiger partial charge in [0, 0.05) is 6.54 Å². The Morgan fingerprint density at radius 2 is 1.85 bits per heavy atom. The lowest BCUT2D eigenvalue weighted by Crippen LogP contribution is -2.24. The van der Waals surface area contributed by atoms with Gasteiger partial charge < -0.3 is 0 Å². The van der Waals surface area contributed by atoms with E-state index < -0.39 is 0 Å². The van der Waals surface area contributed by atoms with Gasteiger partial charge >= 0.3 is 0 Å². The van der Waals surface area contributed by atoms with Gasteiger partial charge in [-0.15, -0.1) is 0 Å². The molecule has 0 amide bonds. The van der Waals surface area contributed by atoms with Gasteiger partial charge in [0.2, 0.25) is 0 Å². The van der Waals surface area contributed by atoms with E-state index in [9.17, 15) is 4.39 Å². The van der Waals surface area contributed by atoms with Crippen LogP contribution >= 0.6 is 0 Å². The fourth-order valence-electron chi connectivity index (χ4n) is 1.19. The van der Waals surface area contributed by atoms with E-state index >= 15 is 0 Å². The van der Waals surface area contributed by atoms with Gasteiger partial charge in [-0.3, -0.25) is 4.90 Å². The monoisotopic (exact) mass is 187 g/mol. The minimum absolute atomic E-state index is 0.0251. The Labute approximate surface area is 81.6 Å². The minimum atomic E-state index is 0.0251. The molecule has 0 saturated carbocycles. The van der Waals surface area contributed by atoms with Gasteiger partial charge in [-0.05, 0) is 25.9 Å². The fraction of sp³-hybridized carbons (Fsp3) is 0.818. The molecule has 0 aliphatic heterocycles. The van der Waals surface area contributed by atoms with Crippen LogP contribution in [0.5, 0.6) is 0 Å². The highest BCUT2D eigenvalue weighted by atomic mass is 19.1. The number of unbranched alkanes of at least 4 members (excludes halogenated alkanes) is 2. The predicted octanol–water partition coefficient (Wildman–Crippen LogP) is 3.37. The quantitative estimate of drug-likeness (QED) is 0.552. The number of likely N-dealkylation sites (N-methyl/N-ethyl adjacent to an activating group) is 1. The Hall–Kier alpha value is -0.370. The normalized spacial score (nSPS) is 12.5. The van der Waals surface area contributed by atoms with Gasteiger partial charge in [-0.2, -0.15) is 0 Å². The van der Waals surface area contributed by atoms with Gasteiger partial charge in [0.15, 0.2) is 0 Å². The van der Waals surface area contributed by atoms with Crippen molar-refractivity contribution in [3.63, 3.8) is 0 Å². The molecular formula is C11H22FN. The first-order valence-corrected chi connectivity index (χ1v) is 5.31.